The molecule has 1 aromatic rings. The number of anilines is 1. The third-order valence-corrected chi connectivity index (χ3v) is 2.70. The van der Waals surface area contributed by atoms with Gasteiger partial charge in [-0.3, -0.25) is 0 Å². The van der Waals surface area contributed by atoms with Crippen LogP contribution in [0, 0.1) is 18.8 Å². The van der Waals surface area contributed by atoms with Gasteiger partial charge in [0.25, 0.3) is 0 Å². The molecule has 0 saturated heterocycles. The molecule has 0 atom stereocenters. The fourth-order valence-electron chi connectivity index (χ4n) is 1.44. The van der Waals surface area contributed by atoms with Gasteiger partial charge in [-0.25, -0.2) is 4.79 Å². The van der Waals surface area contributed by atoms with E-state index >= 15 is 0 Å². The van der Waals surface area contributed by atoms with Crippen molar-refractivity contribution in [3.63, 3.8) is 0 Å². The van der Waals surface area contributed by atoms with E-state index in [4.69, 9.17) is 5.11 Å². The quantitative estimate of drug-likeness (QED) is 0.819. The van der Waals surface area contributed by atoms with E-state index in [1.165, 1.54) is 0 Å². The van der Waals surface area contributed by atoms with E-state index in [0.29, 0.717) is 18.7 Å². The zero-order valence-corrected chi connectivity index (χ0v) is 11.7. The Hall–Kier alpha value is -1.99. The number of hydrogen-bond acceptors (Lipinski definition) is 2. The van der Waals surface area contributed by atoms with Crippen LogP contribution >= 0.6 is 0 Å². The molecule has 1 rings (SSSR count). The minimum absolute atomic E-state index is 0.0408. The summed E-state index contributed by atoms with van der Waals surface area (Å²) in [5.41, 5.74) is 2.52. The van der Waals surface area contributed by atoms with E-state index in [9.17, 15) is 4.79 Å². The lowest BCUT2D eigenvalue weighted by Crippen LogP contribution is -2.31. The van der Waals surface area contributed by atoms with E-state index in [-0.39, 0.29) is 12.6 Å². The summed E-state index contributed by atoms with van der Waals surface area (Å²) in [6.07, 6.45) is 0.427. The lowest BCUT2D eigenvalue weighted by molar-refractivity contribution is 0.224. The van der Waals surface area contributed by atoms with Crippen LogP contribution in [0.4, 0.5) is 10.5 Å². The summed E-state index contributed by atoms with van der Waals surface area (Å²) in [5, 5.41) is 11.6. The number of nitrogens with zero attached hydrogens (tertiary/aromatic N) is 1. The Morgan fingerprint density at radius 3 is 2.84 bits per heavy atom. The number of carbonyl (C=O) groups is 1. The number of aliphatic hydroxyl groups excluding tert-OH is 1. The van der Waals surface area contributed by atoms with E-state index in [0.717, 1.165) is 11.1 Å². The molecule has 102 valence electrons. The van der Waals surface area contributed by atoms with E-state index < -0.39 is 0 Å². The molecule has 0 heterocycles. The Morgan fingerprint density at radius 2 is 2.21 bits per heavy atom. The molecular weight excluding hydrogens is 240 g/mol. The largest absolute Gasteiger partial charge is 0.395 e. The Kier molecular flexibility index (Phi) is 5.91. The van der Waals surface area contributed by atoms with Crippen LogP contribution in [0.5, 0.6) is 0 Å². The molecule has 0 fully saturated rings. The van der Waals surface area contributed by atoms with Gasteiger partial charge in [0.2, 0.25) is 0 Å². The Balaban J connectivity index is 2.95. The zero-order valence-electron chi connectivity index (χ0n) is 11.7. The summed E-state index contributed by atoms with van der Waals surface area (Å²) >= 11 is 0. The third kappa shape index (κ3) is 4.65. The van der Waals surface area contributed by atoms with E-state index in [2.05, 4.69) is 17.2 Å². The van der Waals surface area contributed by atoms with Gasteiger partial charge in [0.15, 0.2) is 0 Å². The molecule has 0 saturated carbocycles. The number of amides is 2. The molecule has 1 aromatic carbocycles. The van der Waals surface area contributed by atoms with Crippen LogP contribution in [0.3, 0.4) is 0 Å². The summed E-state index contributed by atoms with van der Waals surface area (Å²) in [6, 6.07) is 5.56. The van der Waals surface area contributed by atoms with Crippen molar-refractivity contribution in [2.24, 2.45) is 0 Å². The second-order valence-electron chi connectivity index (χ2n) is 4.27. The highest BCUT2D eigenvalue weighted by molar-refractivity contribution is 5.90. The van der Waals surface area contributed by atoms with Crippen LogP contribution in [0.15, 0.2) is 18.2 Å². The SMILES string of the molecule is CCN(C)C(=O)Nc1cc(C)ccc1C#CCCO. The van der Waals surface area contributed by atoms with Crippen molar-refractivity contribution in [3.8, 4) is 11.8 Å². The number of aliphatic hydroxyl groups is 1. The minimum atomic E-state index is -0.154. The maximum Gasteiger partial charge on any atom is 0.321 e. The number of aryl methyl sites for hydroxylation is 1. The maximum atomic E-state index is 11.9. The Labute approximate surface area is 114 Å². The van der Waals surface area contributed by atoms with Crippen molar-refractivity contribution in [2.75, 3.05) is 25.5 Å². The predicted octanol–water partition coefficient (Wildman–Crippen LogP) is 2.21. The first-order valence-corrected chi connectivity index (χ1v) is 6.31. The molecular formula is C15H20N2O2. The van der Waals surface area contributed by atoms with Gasteiger partial charge in [0, 0.05) is 25.6 Å². The molecule has 4 nitrogen and oxygen atoms in total. The maximum absolute atomic E-state index is 11.9. The molecule has 0 aliphatic heterocycles. The third-order valence-electron chi connectivity index (χ3n) is 2.70. The van der Waals surface area contributed by atoms with Crippen LogP contribution in [0.2, 0.25) is 0 Å². The molecule has 2 N–H and O–H groups in total. The fraction of sp³-hybridized carbons (Fsp3) is 0.400. The number of rotatable bonds is 3. The summed E-state index contributed by atoms with van der Waals surface area (Å²) in [4.78, 5) is 13.5. The summed E-state index contributed by atoms with van der Waals surface area (Å²) in [6.45, 7) is 4.56. The van der Waals surface area contributed by atoms with E-state index in [1.807, 2.05) is 32.0 Å². The summed E-state index contributed by atoms with van der Waals surface area (Å²) in [5.74, 6) is 5.82. The van der Waals surface area contributed by atoms with Gasteiger partial charge in [0.05, 0.1) is 12.3 Å². The molecule has 4 heteroatoms. The molecule has 0 radical (unpaired) electrons. The van der Waals surface area contributed by atoms with Gasteiger partial charge in [-0.05, 0) is 31.5 Å². The number of carbonyl (C=O) groups excluding carboxylic acids is 1. The molecule has 2 amide bonds. The topological polar surface area (TPSA) is 52.6 Å². The highest BCUT2D eigenvalue weighted by Crippen LogP contribution is 2.17. The molecule has 0 unspecified atom stereocenters. The molecule has 0 aromatic heterocycles. The highest BCUT2D eigenvalue weighted by atomic mass is 16.2. The summed E-state index contributed by atoms with van der Waals surface area (Å²) < 4.78 is 0. The number of hydrogen-bond donors (Lipinski definition) is 2. The monoisotopic (exact) mass is 260 g/mol. The summed E-state index contributed by atoms with van der Waals surface area (Å²) in [7, 11) is 1.74. The number of nitrogens with one attached hydrogen (secondary N) is 1. The van der Waals surface area contributed by atoms with Gasteiger partial charge in [-0.1, -0.05) is 17.9 Å². The molecule has 19 heavy (non-hydrogen) atoms. The van der Waals surface area contributed by atoms with Crippen molar-refractivity contribution >= 4 is 11.7 Å². The Bertz CT molecular complexity index is 501. The first-order chi connectivity index (χ1) is 9.08. The van der Waals surface area contributed by atoms with Crippen molar-refractivity contribution in [3.05, 3.63) is 29.3 Å². The Morgan fingerprint density at radius 1 is 1.47 bits per heavy atom. The van der Waals surface area contributed by atoms with Crippen molar-refractivity contribution in [2.45, 2.75) is 20.3 Å². The second-order valence-corrected chi connectivity index (χ2v) is 4.27. The highest BCUT2D eigenvalue weighted by Gasteiger charge is 2.09. The van der Waals surface area contributed by atoms with E-state index in [1.54, 1.807) is 11.9 Å². The first kappa shape index (κ1) is 15.1. The predicted molar refractivity (Wildman–Crippen MR) is 77.1 cm³/mol. The molecule has 0 aliphatic carbocycles. The van der Waals surface area contributed by atoms with Gasteiger partial charge in [-0.15, -0.1) is 0 Å². The number of urea groups is 1. The van der Waals surface area contributed by atoms with Crippen molar-refractivity contribution in [1.29, 1.82) is 0 Å². The van der Waals surface area contributed by atoms with Crippen molar-refractivity contribution in [1.82, 2.24) is 4.90 Å². The van der Waals surface area contributed by atoms with Gasteiger partial charge >= 0.3 is 6.03 Å². The average molecular weight is 260 g/mol. The van der Waals surface area contributed by atoms with Gasteiger partial charge in [-0.2, -0.15) is 0 Å². The minimum Gasteiger partial charge on any atom is -0.395 e. The molecule has 0 spiro atoms. The average Bonchev–Trinajstić information content (AvgIpc) is 2.40. The standard InChI is InChI=1S/C15H20N2O2/c1-4-17(3)15(19)16-14-11-12(2)8-9-13(14)7-5-6-10-18/h8-9,11,18H,4,6,10H2,1-3H3,(H,16,19). The van der Waals surface area contributed by atoms with Crippen LogP contribution < -0.4 is 5.32 Å². The van der Waals surface area contributed by atoms with Gasteiger partial charge < -0.3 is 15.3 Å². The normalized spacial score (nSPS) is 9.47. The number of benzene rings is 1. The molecule has 0 bridgehead atoms. The van der Waals surface area contributed by atoms with Crippen LogP contribution in [0.1, 0.15) is 24.5 Å². The smallest absolute Gasteiger partial charge is 0.321 e. The van der Waals surface area contributed by atoms with Crippen molar-refractivity contribution < 1.29 is 9.90 Å². The van der Waals surface area contributed by atoms with Gasteiger partial charge in [0.1, 0.15) is 0 Å². The van der Waals surface area contributed by atoms with Crippen LogP contribution in [0.25, 0.3) is 0 Å². The lowest BCUT2D eigenvalue weighted by Gasteiger charge is -2.16. The van der Waals surface area contributed by atoms with Crippen LogP contribution in [-0.2, 0) is 0 Å². The zero-order chi connectivity index (χ0) is 14.3. The van der Waals surface area contributed by atoms with Crippen LogP contribution in [-0.4, -0.2) is 36.2 Å². The first-order valence-electron chi connectivity index (χ1n) is 6.31. The fourth-order valence-corrected chi connectivity index (χ4v) is 1.44. The second kappa shape index (κ2) is 7.45. The molecule has 0 aliphatic rings. The lowest BCUT2D eigenvalue weighted by atomic mass is 10.1.